The molecular formula is C23H30N2O3. The summed E-state index contributed by atoms with van der Waals surface area (Å²) in [6, 6.07) is 15.2. The zero-order valence-corrected chi connectivity index (χ0v) is 17.1. The number of amides is 1. The molecule has 28 heavy (non-hydrogen) atoms. The molecule has 3 rings (SSSR count). The van der Waals surface area contributed by atoms with Gasteiger partial charge in [-0.3, -0.25) is 4.79 Å². The molecule has 1 saturated heterocycles. The number of likely N-dealkylation sites (tertiary alicyclic amines) is 1. The van der Waals surface area contributed by atoms with E-state index in [0.717, 1.165) is 18.5 Å². The largest absolute Gasteiger partial charge is 0.545 e. The van der Waals surface area contributed by atoms with Crippen LogP contribution in [-0.4, -0.2) is 35.4 Å². The molecule has 0 unspecified atom stereocenters. The molecule has 2 aromatic rings. The van der Waals surface area contributed by atoms with Gasteiger partial charge in [-0.2, -0.15) is 0 Å². The number of nitrogens with zero attached hydrogens (tertiary/aromatic N) is 1. The zero-order chi connectivity index (χ0) is 20.8. The molecule has 150 valence electrons. The van der Waals surface area contributed by atoms with E-state index in [4.69, 9.17) is 0 Å². The highest BCUT2D eigenvalue weighted by Gasteiger charge is 2.39. The van der Waals surface area contributed by atoms with Gasteiger partial charge in [0.2, 0.25) is 0 Å². The number of benzene rings is 2. The van der Waals surface area contributed by atoms with E-state index in [0.29, 0.717) is 5.92 Å². The molecule has 0 bridgehead atoms. The van der Waals surface area contributed by atoms with Crippen LogP contribution in [0.2, 0.25) is 0 Å². The Morgan fingerprint density at radius 3 is 2.29 bits per heavy atom. The number of likely N-dealkylation sites (N-methyl/N-ethyl adjacent to an activating group) is 1. The quantitative estimate of drug-likeness (QED) is 0.876. The van der Waals surface area contributed by atoms with Crippen LogP contribution in [-0.2, 0) is 4.79 Å². The molecule has 0 spiro atoms. The number of hydrogen-bond donors (Lipinski definition) is 1. The standard InChI is InChI=1S/C15H22N2O.C8H8O2/c1-4-17-11(3)13(9-14(16)15(17)18)12-8-6-5-7-10(12)2;1-6-2-4-7(5-3-6)8(9)10/h5-8,11,13-14H,4,9,16H2,1-3H3;2-5H,1H3,(H,9,10)/t11-,13-,14+;/m1./s1. The lowest BCUT2D eigenvalue weighted by Crippen LogP contribution is -2.72. The number of quaternary nitrogens is 1. The number of aromatic carboxylic acids is 1. The maximum absolute atomic E-state index is 12.1. The first-order chi connectivity index (χ1) is 13.3. The van der Waals surface area contributed by atoms with Crippen LogP contribution < -0.4 is 10.8 Å². The Bertz CT molecular complexity index is 817. The second-order valence-corrected chi connectivity index (χ2v) is 7.41. The van der Waals surface area contributed by atoms with E-state index in [1.165, 1.54) is 23.3 Å². The molecule has 0 aliphatic carbocycles. The number of carboxylic acids is 1. The Labute approximate surface area is 167 Å². The SMILES string of the molecule is CCN1C(=O)[C@@H]([NH3+])C[C@@H](c2ccccc2C)[C@H]1C.Cc1ccc(C(=O)[O-])cc1. The Morgan fingerprint density at radius 1 is 1.14 bits per heavy atom. The first kappa shape index (κ1) is 21.6. The summed E-state index contributed by atoms with van der Waals surface area (Å²) in [5, 5.41) is 10.2. The van der Waals surface area contributed by atoms with Crippen molar-refractivity contribution in [2.45, 2.75) is 52.1 Å². The molecule has 1 amide bonds. The van der Waals surface area contributed by atoms with Crippen molar-refractivity contribution in [3.05, 3.63) is 70.8 Å². The molecule has 5 nitrogen and oxygen atoms in total. The van der Waals surface area contributed by atoms with E-state index in [1.807, 2.05) is 18.7 Å². The third kappa shape index (κ3) is 4.98. The van der Waals surface area contributed by atoms with Crippen LogP contribution in [0.5, 0.6) is 0 Å². The van der Waals surface area contributed by atoms with Crippen molar-refractivity contribution in [1.82, 2.24) is 4.90 Å². The second-order valence-electron chi connectivity index (χ2n) is 7.41. The minimum Gasteiger partial charge on any atom is -0.545 e. The van der Waals surface area contributed by atoms with Crippen molar-refractivity contribution in [2.75, 3.05) is 6.54 Å². The third-order valence-corrected chi connectivity index (χ3v) is 5.46. The highest BCUT2D eigenvalue weighted by molar-refractivity contribution is 5.85. The minimum atomic E-state index is -1.12. The Hall–Kier alpha value is -2.66. The minimum absolute atomic E-state index is 0.106. The van der Waals surface area contributed by atoms with E-state index in [-0.39, 0.29) is 23.6 Å². The van der Waals surface area contributed by atoms with Crippen molar-refractivity contribution in [1.29, 1.82) is 0 Å². The van der Waals surface area contributed by atoms with Crippen molar-refractivity contribution in [3.8, 4) is 0 Å². The summed E-state index contributed by atoms with van der Waals surface area (Å²) in [7, 11) is 0. The predicted octanol–water partition coefficient (Wildman–Crippen LogP) is 1.69. The number of piperidine rings is 1. The van der Waals surface area contributed by atoms with Crippen molar-refractivity contribution in [2.24, 2.45) is 0 Å². The third-order valence-electron chi connectivity index (χ3n) is 5.46. The molecule has 1 aliphatic heterocycles. The molecular weight excluding hydrogens is 352 g/mol. The van der Waals surface area contributed by atoms with Gasteiger partial charge in [-0.05, 0) is 44.4 Å². The highest BCUT2D eigenvalue weighted by Crippen LogP contribution is 2.33. The van der Waals surface area contributed by atoms with Gasteiger partial charge in [-0.25, -0.2) is 0 Å². The number of carbonyl (C=O) groups is 2. The van der Waals surface area contributed by atoms with Gasteiger partial charge in [-0.1, -0.05) is 54.1 Å². The van der Waals surface area contributed by atoms with Crippen molar-refractivity contribution >= 4 is 11.9 Å². The second kappa shape index (κ2) is 9.51. The molecule has 0 saturated carbocycles. The number of hydrogen-bond acceptors (Lipinski definition) is 3. The van der Waals surface area contributed by atoms with E-state index >= 15 is 0 Å². The molecule has 3 atom stereocenters. The molecule has 1 heterocycles. The summed E-state index contributed by atoms with van der Waals surface area (Å²) in [6.45, 7) is 9.02. The highest BCUT2D eigenvalue weighted by atomic mass is 16.4. The first-order valence-corrected chi connectivity index (χ1v) is 9.73. The zero-order valence-electron chi connectivity index (χ0n) is 17.1. The molecule has 1 fully saturated rings. The Kier molecular flexibility index (Phi) is 7.35. The van der Waals surface area contributed by atoms with Gasteiger partial charge in [0.05, 0.1) is 5.97 Å². The summed E-state index contributed by atoms with van der Waals surface area (Å²) in [5.41, 5.74) is 7.98. The van der Waals surface area contributed by atoms with Crippen molar-refractivity contribution < 1.29 is 20.4 Å². The van der Waals surface area contributed by atoms with E-state index in [9.17, 15) is 14.7 Å². The number of carboxylic acid groups (broad SMARTS) is 1. The summed E-state index contributed by atoms with van der Waals surface area (Å²) < 4.78 is 0. The van der Waals surface area contributed by atoms with E-state index in [1.54, 1.807) is 12.1 Å². The fourth-order valence-corrected chi connectivity index (χ4v) is 3.78. The summed E-state index contributed by atoms with van der Waals surface area (Å²) in [5.74, 6) is -0.513. The molecule has 0 aromatic heterocycles. The molecule has 3 N–H and O–H groups in total. The van der Waals surface area contributed by atoms with Crippen LogP contribution in [0.15, 0.2) is 48.5 Å². The molecule has 5 heteroatoms. The fourth-order valence-electron chi connectivity index (χ4n) is 3.78. The predicted molar refractivity (Wildman–Crippen MR) is 108 cm³/mol. The Balaban J connectivity index is 0.000000237. The van der Waals surface area contributed by atoms with Gasteiger partial charge in [0.1, 0.15) is 0 Å². The van der Waals surface area contributed by atoms with Crippen LogP contribution in [0, 0.1) is 13.8 Å². The van der Waals surface area contributed by atoms with Crippen LogP contribution in [0.3, 0.4) is 0 Å². The average Bonchev–Trinajstić information content (AvgIpc) is 2.67. The molecule has 0 radical (unpaired) electrons. The van der Waals surface area contributed by atoms with Gasteiger partial charge in [0, 0.05) is 24.9 Å². The van der Waals surface area contributed by atoms with Crippen LogP contribution >= 0.6 is 0 Å². The van der Waals surface area contributed by atoms with E-state index < -0.39 is 5.97 Å². The van der Waals surface area contributed by atoms with Crippen molar-refractivity contribution in [3.63, 3.8) is 0 Å². The van der Waals surface area contributed by atoms with Crippen LogP contribution in [0.1, 0.15) is 53.2 Å². The summed E-state index contributed by atoms with van der Waals surface area (Å²) in [4.78, 5) is 24.3. The normalized spacial score (nSPS) is 21.7. The number of carbonyl (C=O) groups excluding carboxylic acids is 2. The lowest BCUT2D eigenvalue weighted by Gasteiger charge is -2.40. The summed E-state index contributed by atoms with van der Waals surface area (Å²) >= 11 is 0. The van der Waals surface area contributed by atoms with Gasteiger partial charge in [0.15, 0.2) is 6.04 Å². The number of aryl methyl sites for hydroxylation is 2. The smallest absolute Gasteiger partial charge is 0.280 e. The van der Waals surface area contributed by atoms with Crippen LogP contribution in [0.25, 0.3) is 0 Å². The first-order valence-electron chi connectivity index (χ1n) is 9.73. The summed E-state index contributed by atoms with van der Waals surface area (Å²) in [6.07, 6.45) is 0.862. The maximum atomic E-state index is 12.1. The van der Waals surface area contributed by atoms with Gasteiger partial charge >= 0.3 is 0 Å². The fraction of sp³-hybridized carbons (Fsp3) is 0.391. The monoisotopic (exact) mass is 382 g/mol. The molecule has 1 aliphatic rings. The topological polar surface area (TPSA) is 88.1 Å². The van der Waals surface area contributed by atoms with Gasteiger partial charge in [-0.15, -0.1) is 0 Å². The van der Waals surface area contributed by atoms with Gasteiger partial charge in [0.25, 0.3) is 5.91 Å². The van der Waals surface area contributed by atoms with Crippen LogP contribution in [0.4, 0.5) is 0 Å². The average molecular weight is 383 g/mol. The lowest BCUT2D eigenvalue weighted by atomic mass is 9.80. The lowest BCUT2D eigenvalue weighted by molar-refractivity contribution is -0.411. The molecule has 2 aromatic carbocycles. The van der Waals surface area contributed by atoms with E-state index in [2.05, 4.69) is 43.8 Å². The maximum Gasteiger partial charge on any atom is 0.280 e. The van der Waals surface area contributed by atoms with Gasteiger partial charge < -0.3 is 20.5 Å². The number of rotatable bonds is 3. The Morgan fingerprint density at radius 2 is 1.75 bits per heavy atom.